The van der Waals surface area contributed by atoms with E-state index >= 15 is 0 Å². The molecule has 0 bridgehead atoms. The van der Waals surface area contributed by atoms with Crippen molar-refractivity contribution in [3.8, 4) is 0 Å². The second-order valence-corrected chi connectivity index (χ2v) is 5.80. The zero-order chi connectivity index (χ0) is 16.0. The van der Waals surface area contributed by atoms with Crippen LogP contribution in [0.3, 0.4) is 0 Å². The molecule has 1 N–H and O–H groups in total. The Kier molecular flexibility index (Phi) is 6.48. The summed E-state index contributed by atoms with van der Waals surface area (Å²) < 4.78 is 0. The number of carbonyl (C=O) groups excluding carboxylic acids is 1. The van der Waals surface area contributed by atoms with Crippen molar-refractivity contribution in [3.05, 3.63) is 33.9 Å². The lowest BCUT2D eigenvalue weighted by Crippen LogP contribution is -2.24. The number of thioether (sulfide) groups is 1. The van der Waals surface area contributed by atoms with Crippen molar-refractivity contribution in [1.29, 1.82) is 0 Å². The molecule has 0 aromatic heterocycles. The minimum Gasteiger partial charge on any atom is -0.376 e. The largest absolute Gasteiger partial charge is 0.376 e. The Balaban J connectivity index is 3.15. The van der Waals surface area contributed by atoms with E-state index in [0.29, 0.717) is 11.3 Å². The van der Waals surface area contributed by atoms with Gasteiger partial charge in [0, 0.05) is 37.5 Å². The molecule has 0 aliphatic rings. The molecular weight excluding hydrogens is 290 g/mol. The van der Waals surface area contributed by atoms with Gasteiger partial charge in [0.15, 0.2) is 0 Å². The van der Waals surface area contributed by atoms with Crippen LogP contribution in [0.4, 0.5) is 11.4 Å². The molecule has 0 spiro atoms. The van der Waals surface area contributed by atoms with Gasteiger partial charge in [0.05, 0.1) is 4.92 Å². The van der Waals surface area contributed by atoms with Crippen molar-refractivity contribution in [2.45, 2.75) is 19.4 Å². The first-order valence-corrected chi connectivity index (χ1v) is 8.05. The molecule has 1 rings (SSSR count). The Morgan fingerprint density at radius 2 is 2.14 bits per heavy atom. The zero-order valence-corrected chi connectivity index (χ0v) is 13.6. The highest BCUT2D eigenvalue weighted by Crippen LogP contribution is 2.27. The number of hydrogen-bond donors (Lipinski definition) is 1. The van der Waals surface area contributed by atoms with Gasteiger partial charge in [-0.15, -0.1) is 0 Å². The molecule has 1 aromatic rings. The van der Waals surface area contributed by atoms with Gasteiger partial charge in [0.1, 0.15) is 5.69 Å². The third-order valence-electron chi connectivity index (χ3n) is 3.07. The topological polar surface area (TPSA) is 75.5 Å². The highest BCUT2D eigenvalue weighted by molar-refractivity contribution is 7.98. The maximum absolute atomic E-state index is 12.0. The first-order valence-electron chi connectivity index (χ1n) is 6.66. The average Bonchev–Trinajstić information content (AvgIpc) is 2.45. The highest BCUT2D eigenvalue weighted by atomic mass is 32.2. The minimum absolute atomic E-state index is 0.00939. The monoisotopic (exact) mass is 311 g/mol. The van der Waals surface area contributed by atoms with E-state index in [2.05, 4.69) is 5.32 Å². The number of nitrogens with zero attached hydrogens (tertiary/aromatic N) is 2. The summed E-state index contributed by atoms with van der Waals surface area (Å²) >= 11 is 1.68. The van der Waals surface area contributed by atoms with E-state index in [-0.39, 0.29) is 17.6 Å². The van der Waals surface area contributed by atoms with E-state index in [1.165, 1.54) is 17.0 Å². The van der Waals surface area contributed by atoms with E-state index in [0.717, 1.165) is 12.2 Å². The molecule has 0 heterocycles. The van der Waals surface area contributed by atoms with Crippen LogP contribution in [0.2, 0.25) is 0 Å². The number of benzene rings is 1. The molecule has 1 aromatic carbocycles. The van der Waals surface area contributed by atoms with Crippen molar-refractivity contribution in [1.82, 2.24) is 4.90 Å². The van der Waals surface area contributed by atoms with Crippen LogP contribution >= 0.6 is 11.8 Å². The number of hydrogen-bond acceptors (Lipinski definition) is 5. The quantitative estimate of drug-likeness (QED) is 0.619. The van der Waals surface area contributed by atoms with E-state index < -0.39 is 4.92 Å². The van der Waals surface area contributed by atoms with E-state index in [9.17, 15) is 14.9 Å². The van der Waals surface area contributed by atoms with Crippen molar-refractivity contribution in [2.75, 3.05) is 31.4 Å². The predicted molar refractivity (Wildman–Crippen MR) is 87.2 cm³/mol. The number of carbonyl (C=O) groups is 1. The molecule has 21 heavy (non-hydrogen) atoms. The van der Waals surface area contributed by atoms with Crippen LogP contribution in [0.5, 0.6) is 0 Å². The van der Waals surface area contributed by atoms with Gasteiger partial charge in [-0.25, -0.2) is 0 Å². The molecular formula is C14H21N3O3S. The lowest BCUT2D eigenvalue weighted by Gasteiger charge is -2.18. The Morgan fingerprint density at radius 1 is 1.48 bits per heavy atom. The first kappa shape index (κ1) is 17.3. The van der Waals surface area contributed by atoms with Crippen LogP contribution in [0.25, 0.3) is 0 Å². The Hall–Kier alpha value is -1.76. The van der Waals surface area contributed by atoms with E-state index in [1.807, 2.05) is 13.2 Å². The number of rotatable bonds is 7. The highest BCUT2D eigenvalue weighted by Gasteiger charge is 2.19. The van der Waals surface area contributed by atoms with Crippen LogP contribution < -0.4 is 5.32 Å². The van der Waals surface area contributed by atoms with Crippen LogP contribution in [-0.4, -0.2) is 47.9 Å². The number of anilines is 1. The summed E-state index contributed by atoms with van der Waals surface area (Å²) in [5, 5.41) is 14.3. The molecule has 0 radical (unpaired) electrons. The predicted octanol–water partition coefficient (Wildman–Crippen LogP) is 2.85. The summed E-state index contributed by atoms with van der Waals surface area (Å²) in [6.45, 7) is 2.02. The molecule has 0 aliphatic heterocycles. The summed E-state index contributed by atoms with van der Waals surface area (Å²) in [5.74, 6) is 0.672. The standard InChI is InChI=1S/C14H21N3O3S/c1-5-11(9-21-4)15-12-8-10(14(18)16(2)3)6-7-13(12)17(19)20/h6-8,11,15H,5,9H2,1-4H3. The second-order valence-electron chi connectivity index (χ2n) is 4.89. The normalized spacial score (nSPS) is 11.8. The third kappa shape index (κ3) is 4.63. The van der Waals surface area contributed by atoms with Crippen molar-refractivity contribution in [2.24, 2.45) is 0 Å². The Bertz CT molecular complexity index is 520. The van der Waals surface area contributed by atoms with Crippen LogP contribution in [-0.2, 0) is 0 Å². The molecule has 7 heteroatoms. The van der Waals surface area contributed by atoms with Gasteiger partial charge in [-0.1, -0.05) is 6.92 Å². The number of nitro benzene ring substituents is 1. The molecule has 1 atom stereocenters. The lowest BCUT2D eigenvalue weighted by molar-refractivity contribution is -0.384. The number of nitro groups is 1. The van der Waals surface area contributed by atoms with Crippen LogP contribution in [0, 0.1) is 10.1 Å². The smallest absolute Gasteiger partial charge is 0.292 e. The van der Waals surface area contributed by atoms with Crippen LogP contribution in [0.1, 0.15) is 23.7 Å². The summed E-state index contributed by atoms with van der Waals surface area (Å²) in [6, 6.07) is 4.55. The summed E-state index contributed by atoms with van der Waals surface area (Å²) in [7, 11) is 3.30. The van der Waals surface area contributed by atoms with Gasteiger partial charge >= 0.3 is 0 Å². The van der Waals surface area contributed by atoms with E-state index in [1.54, 1.807) is 31.9 Å². The van der Waals surface area contributed by atoms with Gasteiger partial charge in [-0.2, -0.15) is 11.8 Å². The fraction of sp³-hybridized carbons (Fsp3) is 0.500. The maximum atomic E-state index is 12.0. The molecule has 0 fully saturated rings. The lowest BCUT2D eigenvalue weighted by atomic mass is 10.1. The summed E-state index contributed by atoms with van der Waals surface area (Å²) in [5.41, 5.74) is 0.825. The number of amides is 1. The van der Waals surface area contributed by atoms with Crippen molar-refractivity contribution < 1.29 is 9.72 Å². The molecule has 1 unspecified atom stereocenters. The fourth-order valence-electron chi connectivity index (χ4n) is 1.88. The minimum atomic E-state index is -0.432. The van der Waals surface area contributed by atoms with Crippen LogP contribution in [0.15, 0.2) is 18.2 Å². The molecule has 0 saturated heterocycles. The van der Waals surface area contributed by atoms with E-state index in [4.69, 9.17) is 0 Å². The first-order chi connectivity index (χ1) is 9.90. The fourth-order valence-corrected chi connectivity index (χ4v) is 2.61. The zero-order valence-electron chi connectivity index (χ0n) is 12.8. The summed E-state index contributed by atoms with van der Waals surface area (Å²) in [4.78, 5) is 24.1. The Morgan fingerprint density at radius 3 is 2.62 bits per heavy atom. The van der Waals surface area contributed by atoms with Gasteiger partial charge in [0.2, 0.25) is 0 Å². The average molecular weight is 311 g/mol. The molecule has 0 aliphatic carbocycles. The van der Waals surface area contributed by atoms with Crippen molar-refractivity contribution in [3.63, 3.8) is 0 Å². The van der Waals surface area contributed by atoms with Gasteiger partial charge in [-0.3, -0.25) is 14.9 Å². The van der Waals surface area contributed by atoms with Crippen molar-refractivity contribution >= 4 is 29.0 Å². The van der Waals surface area contributed by atoms with Gasteiger partial charge in [-0.05, 0) is 24.8 Å². The maximum Gasteiger partial charge on any atom is 0.292 e. The van der Waals surface area contributed by atoms with Gasteiger partial charge < -0.3 is 10.2 Å². The molecule has 1 amide bonds. The van der Waals surface area contributed by atoms with Gasteiger partial charge in [0.25, 0.3) is 11.6 Å². The molecule has 116 valence electrons. The Labute approximate surface area is 129 Å². The molecule has 6 nitrogen and oxygen atoms in total. The molecule has 0 saturated carbocycles. The SMILES string of the molecule is CCC(CSC)Nc1cc(C(=O)N(C)C)ccc1[N+](=O)[O-]. The number of nitrogens with one attached hydrogen (secondary N) is 1. The second kappa shape index (κ2) is 7.87. The third-order valence-corrected chi connectivity index (χ3v) is 3.80. The summed E-state index contributed by atoms with van der Waals surface area (Å²) in [6.07, 6.45) is 2.84.